The van der Waals surface area contributed by atoms with Crippen molar-refractivity contribution in [1.82, 2.24) is 24.8 Å². The van der Waals surface area contributed by atoms with Crippen LogP contribution in [0.3, 0.4) is 0 Å². The third-order valence-corrected chi connectivity index (χ3v) is 5.80. The fourth-order valence-electron chi connectivity index (χ4n) is 4.17. The maximum atomic E-state index is 13.2. The number of amides is 1. The summed E-state index contributed by atoms with van der Waals surface area (Å²) in [7, 11) is 4.09. The van der Waals surface area contributed by atoms with Gasteiger partial charge in [0.1, 0.15) is 17.8 Å². The van der Waals surface area contributed by atoms with Gasteiger partial charge in [-0.25, -0.2) is 9.97 Å². The molecule has 1 atom stereocenters. The van der Waals surface area contributed by atoms with Crippen LogP contribution in [0.1, 0.15) is 12.8 Å². The SMILES string of the molecule is CN(C)CCN(C(=O)CNc1ccccc1)C1CCCN(c2ncnc3[nH]ccc23)C1. The van der Waals surface area contributed by atoms with Gasteiger partial charge in [0.2, 0.25) is 5.91 Å². The zero-order chi connectivity index (χ0) is 21.6. The zero-order valence-corrected chi connectivity index (χ0v) is 18.3. The largest absolute Gasteiger partial charge is 0.376 e. The highest BCUT2D eigenvalue weighted by atomic mass is 16.2. The van der Waals surface area contributed by atoms with Crippen molar-refractivity contribution in [3.8, 4) is 0 Å². The van der Waals surface area contributed by atoms with Crippen LogP contribution in [0.15, 0.2) is 48.9 Å². The molecule has 3 heterocycles. The normalized spacial score (nSPS) is 16.6. The van der Waals surface area contributed by atoms with E-state index in [1.807, 2.05) is 56.7 Å². The lowest BCUT2D eigenvalue weighted by atomic mass is 10.0. The molecule has 164 valence electrons. The quantitative estimate of drug-likeness (QED) is 0.582. The maximum Gasteiger partial charge on any atom is 0.242 e. The van der Waals surface area contributed by atoms with E-state index in [0.29, 0.717) is 13.1 Å². The fourth-order valence-corrected chi connectivity index (χ4v) is 4.17. The number of rotatable bonds is 8. The molecule has 1 unspecified atom stereocenters. The van der Waals surface area contributed by atoms with E-state index in [1.54, 1.807) is 6.33 Å². The molecule has 3 aromatic rings. The van der Waals surface area contributed by atoms with Gasteiger partial charge in [-0.1, -0.05) is 18.2 Å². The molecule has 0 bridgehead atoms. The molecular weight excluding hydrogens is 390 g/mol. The van der Waals surface area contributed by atoms with Gasteiger partial charge in [-0.15, -0.1) is 0 Å². The molecule has 0 radical (unpaired) electrons. The number of hydrogen-bond donors (Lipinski definition) is 2. The number of piperidine rings is 1. The van der Waals surface area contributed by atoms with Crippen molar-refractivity contribution in [3.05, 3.63) is 48.9 Å². The molecule has 1 aromatic carbocycles. The number of aromatic amines is 1. The van der Waals surface area contributed by atoms with E-state index in [-0.39, 0.29) is 11.9 Å². The van der Waals surface area contributed by atoms with Crippen LogP contribution in [-0.2, 0) is 4.79 Å². The Kier molecular flexibility index (Phi) is 6.66. The van der Waals surface area contributed by atoms with Crippen LogP contribution in [0.5, 0.6) is 0 Å². The molecule has 4 rings (SSSR count). The second-order valence-electron chi connectivity index (χ2n) is 8.29. The molecule has 0 aliphatic carbocycles. The Morgan fingerprint density at radius 2 is 2.03 bits per heavy atom. The van der Waals surface area contributed by atoms with Gasteiger partial charge in [0.15, 0.2) is 0 Å². The van der Waals surface area contributed by atoms with Crippen molar-refractivity contribution in [2.24, 2.45) is 0 Å². The summed E-state index contributed by atoms with van der Waals surface area (Å²) in [6.45, 7) is 3.56. The van der Waals surface area contributed by atoms with Crippen molar-refractivity contribution in [2.75, 3.05) is 57.0 Å². The van der Waals surface area contributed by atoms with Crippen LogP contribution in [0, 0.1) is 0 Å². The monoisotopic (exact) mass is 421 g/mol. The minimum atomic E-state index is 0.132. The second-order valence-corrected chi connectivity index (χ2v) is 8.29. The Morgan fingerprint density at radius 1 is 1.19 bits per heavy atom. The highest BCUT2D eigenvalue weighted by Gasteiger charge is 2.29. The third-order valence-electron chi connectivity index (χ3n) is 5.80. The Hall–Kier alpha value is -3.13. The van der Waals surface area contributed by atoms with E-state index >= 15 is 0 Å². The van der Waals surface area contributed by atoms with Crippen LogP contribution < -0.4 is 10.2 Å². The molecule has 8 heteroatoms. The number of likely N-dealkylation sites (N-methyl/N-ethyl adjacent to an activating group) is 1. The molecule has 2 N–H and O–H groups in total. The molecule has 0 saturated carbocycles. The summed E-state index contributed by atoms with van der Waals surface area (Å²) < 4.78 is 0. The summed E-state index contributed by atoms with van der Waals surface area (Å²) in [5.74, 6) is 1.07. The van der Waals surface area contributed by atoms with Gasteiger partial charge in [-0.2, -0.15) is 0 Å². The Labute approximate surface area is 183 Å². The molecule has 2 aromatic heterocycles. The molecule has 1 fully saturated rings. The first-order valence-corrected chi connectivity index (χ1v) is 10.9. The third kappa shape index (κ3) is 5.14. The minimum Gasteiger partial charge on any atom is -0.376 e. The van der Waals surface area contributed by atoms with Gasteiger partial charge >= 0.3 is 0 Å². The number of hydrogen-bond acceptors (Lipinski definition) is 6. The van der Waals surface area contributed by atoms with Gasteiger partial charge in [0.25, 0.3) is 0 Å². The Bertz CT molecular complexity index is 988. The minimum absolute atomic E-state index is 0.132. The predicted octanol–water partition coefficient (Wildman–Crippen LogP) is 2.43. The summed E-state index contributed by atoms with van der Waals surface area (Å²) in [4.78, 5) is 31.7. The number of carbonyl (C=O) groups is 1. The van der Waals surface area contributed by atoms with Crippen LogP contribution >= 0.6 is 0 Å². The second kappa shape index (κ2) is 9.78. The number of H-pyrrole nitrogens is 1. The number of para-hydroxylation sites is 1. The van der Waals surface area contributed by atoms with Gasteiger partial charge in [0, 0.05) is 44.1 Å². The summed E-state index contributed by atoms with van der Waals surface area (Å²) in [5, 5.41) is 4.30. The average Bonchev–Trinajstić information content (AvgIpc) is 3.27. The van der Waals surface area contributed by atoms with Crippen molar-refractivity contribution < 1.29 is 4.79 Å². The number of benzene rings is 1. The van der Waals surface area contributed by atoms with E-state index in [2.05, 4.69) is 35.0 Å². The summed E-state index contributed by atoms with van der Waals surface area (Å²) in [6.07, 6.45) is 5.53. The number of anilines is 2. The number of aromatic nitrogens is 3. The topological polar surface area (TPSA) is 80.4 Å². The summed E-state index contributed by atoms with van der Waals surface area (Å²) in [5.41, 5.74) is 1.81. The first-order valence-electron chi connectivity index (χ1n) is 10.9. The lowest BCUT2D eigenvalue weighted by Gasteiger charge is -2.40. The van der Waals surface area contributed by atoms with Crippen LogP contribution in [0.4, 0.5) is 11.5 Å². The molecule has 0 spiro atoms. The van der Waals surface area contributed by atoms with Gasteiger partial charge in [-0.3, -0.25) is 4.79 Å². The van der Waals surface area contributed by atoms with Crippen molar-refractivity contribution in [3.63, 3.8) is 0 Å². The average molecular weight is 422 g/mol. The number of carbonyl (C=O) groups excluding carboxylic acids is 1. The van der Waals surface area contributed by atoms with E-state index < -0.39 is 0 Å². The van der Waals surface area contributed by atoms with Crippen LogP contribution in [0.2, 0.25) is 0 Å². The van der Waals surface area contributed by atoms with Crippen molar-refractivity contribution in [2.45, 2.75) is 18.9 Å². The number of nitrogens with one attached hydrogen (secondary N) is 2. The zero-order valence-electron chi connectivity index (χ0n) is 18.3. The first-order chi connectivity index (χ1) is 15.1. The Morgan fingerprint density at radius 3 is 2.84 bits per heavy atom. The van der Waals surface area contributed by atoms with Crippen molar-refractivity contribution >= 4 is 28.4 Å². The maximum absolute atomic E-state index is 13.2. The smallest absolute Gasteiger partial charge is 0.242 e. The fraction of sp³-hybridized carbons (Fsp3) is 0.435. The van der Waals surface area contributed by atoms with Crippen LogP contribution in [-0.4, -0.2) is 83.5 Å². The molecule has 1 saturated heterocycles. The standard InChI is InChI=1S/C23H31N7O/c1-28(2)13-14-30(21(31)15-25-18-7-4-3-5-8-18)19-9-6-12-29(16-19)23-20-10-11-24-22(20)26-17-27-23/h3-5,7-8,10-11,17,19,25H,6,9,12-16H2,1-2H3,(H,24,26,27). The van der Waals surface area contributed by atoms with Crippen LogP contribution in [0.25, 0.3) is 11.0 Å². The molecule has 31 heavy (non-hydrogen) atoms. The molecule has 1 aliphatic heterocycles. The number of fused-ring (bicyclic) bond motifs is 1. The van der Waals surface area contributed by atoms with Crippen molar-refractivity contribution in [1.29, 1.82) is 0 Å². The number of nitrogens with zero attached hydrogens (tertiary/aromatic N) is 5. The van der Waals surface area contributed by atoms with Gasteiger partial charge in [0.05, 0.1) is 11.9 Å². The molecule has 1 aliphatic rings. The molecule has 8 nitrogen and oxygen atoms in total. The molecular formula is C23H31N7O. The highest BCUT2D eigenvalue weighted by Crippen LogP contribution is 2.26. The van der Waals surface area contributed by atoms with Gasteiger partial charge < -0.3 is 25.0 Å². The predicted molar refractivity (Wildman–Crippen MR) is 124 cm³/mol. The highest BCUT2D eigenvalue weighted by molar-refractivity contribution is 5.87. The summed E-state index contributed by atoms with van der Waals surface area (Å²) in [6, 6.07) is 12.1. The van der Waals surface area contributed by atoms with E-state index in [1.165, 1.54) is 0 Å². The first kappa shape index (κ1) is 21.1. The lowest BCUT2D eigenvalue weighted by molar-refractivity contribution is -0.132. The van der Waals surface area contributed by atoms with Gasteiger partial charge in [-0.05, 0) is 45.1 Å². The summed E-state index contributed by atoms with van der Waals surface area (Å²) >= 11 is 0. The molecule has 1 amide bonds. The lowest BCUT2D eigenvalue weighted by Crippen LogP contribution is -2.53. The van der Waals surface area contributed by atoms with E-state index in [0.717, 1.165) is 55.0 Å². The Balaban J connectivity index is 1.48. The van der Waals surface area contributed by atoms with E-state index in [9.17, 15) is 4.79 Å². The van der Waals surface area contributed by atoms with E-state index in [4.69, 9.17) is 0 Å².